The van der Waals surface area contributed by atoms with Crippen LogP contribution in [0, 0.1) is 0 Å². The number of aromatic nitrogens is 1. The monoisotopic (exact) mass is 427 g/mol. The van der Waals surface area contributed by atoms with E-state index in [-0.39, 0.29) is 0 Å². The molecule has 0 bridgehead atoms. The Labute approximate surface area is 168 Å². The molecule has 2 aliphatic heterocycles. The molecule has 1 aromatic carbocycles. The van der Waals surface area contributed by atoms with Gasteiger partial charge in [-0.3, -0.25) is 4.98 Å². The van der Waals surface area contributed by atoms with Crippen molar-refractivity contribution in [1.29, 1.82) is 0 Å². The molecule has 1 fully saturated rings. The second-order valence-corrected chi connectivity index (χ2v) is 9.32. The van der Waals surface area contributed by atoms with Crippen LogP contribution in [0.25, 0.3) is 0 Å². The average Bonchev–Trinajstić information content (AvgIpc) is 2.97. The molecule has 0 N–H and O–H groups in total. The van der Waals surface area contributed by atoms with Crippen LogP contribution in [0.5, 0.6) is 5.75 Å². The maximum Gasteiger partial charge on any atom is 0.243 e. The molecular formula is C18H19Cl2N3O3S. The fourth-order valence-electron chi connectivity index (χ4n) is 3.54. The Balaban J connectivity index is 1.56. The van der Waals surface area contributed by atoms with Crippen LogP contribution in [0.1, 0.15) is 12.0 Å². The van der Waals surface area contributed by atoms with E-state index >= 15 is 0 Å². The van der Waals surface area contributed by atoms with Gasteiger partial charge >= 0.3 is 0 Å². The van der Waals surface area contributed by atoms with Gasteiger partial charge in [0.1, 0.15) is 5.75 Å². The van der Waals surface area contributed by atoms with E-state index in [1.807, 2.05) is 4.90 Å². The molecule has 0 spiro atoms. The van der Waals surface area contributed by atoms with Crippen molar-refractivity contribution in [2.45, 2.75) is 17.7 Å². The largest absolute Gasteiger partial charge is 0.493 e. The molecule has 27 heavy (non-hydrogen) atoms. The summed E-state index contributed by atoms with van der Waals surface area (Å²) in [6, 6.07) is 5.10. The zero-order valence-electron chi connectivity index (χ0n) is 14.6. The van der Waals surface area contributed by atoms with Gasteiger partial charge in [0.05, 0.1) is 27.2 Å². The van der Waals surface area contributed by atoms with Gasteiger partial charge < -0.3 is 9.64 Å². The van der Waals surface area contributed by atoms with Crippen molar-refractivity contribution in [3.8, 4) is 5.75 Å². The molecule has 2 aromatic rings. The highest BCUT2D eigenvalue weighted by molar-refractivity contribution is 7.89. The lowest BCUT2D eigenvalue weighted by Crippen LogP contribution is -2.35. The van der Waals surface area contributed by atoms with Crippen LogP contribution in [0.4, 0.5) is 5.69 Å². The normalized spacial score (nSPS) is 18.1. The van der Waals surface area contributed by atoms with Crippen LogP contribution in [0.3, 0.4) is 0 Å². The summed E-state index contributed by atoms with van der Waals surface area (Å²) in [5.74, 6) is 0.776. The van der Waals surface area contributed by atoms with Gasteiger partial charge in [0.15, 0.2) is 0 Å². The topological polar surface area (TPSA) is 62.7 Å². The second-order valence-electron chi connectivity index (χ2n) is 6.56. The number of halogens is 2. The average molecular weight is 428 g/mol. The van der Waals surface area contributed by atoms with E-state index < -0.39 is 10.0 Å². The molecule has 3 heterocycles. The van der Waals surface area contributed by atoms with Crippen molar-refractivity contribution in [1.82, 2.24) is 9.29 Å². The van der Waals surface area contributed by atoms with Gasteiger partial charge in [0.2, 0.25) is 10.0 Å². The van der Waals surface area contributed by atoms with E-state index in [4.69, 9.17) is 27.9 Å². The number of fused-ring (bicyclic) bond motifs is 1. The van der Waals surface area contributed by atoms with Crippen molar-refractivity contribution in [2.75, 3.05) is 37.7 Å². The van der Waals surface area contributed by atoms with Crippen molar-refractivity contribution in [2.24, 2.45) is 0 Å². The lowest BCUT2D eigenvalue weighted by molar-refractivity contribution is 0.356. The Morgan fingerprint density at radius 3 is 2.59 bits per heavy atom. The fraction of sp³-hybridized carbons (Fsp3) is 0.389. The Morgan fingerprint density at radius 2 is 1.81 bits per heavy atom. The number of pyridine rings is 1. The number of rotatable bonds is 3. The minimum atomic E-state index is -3.56. The van der Waals surface area contributed by atoms with E-state index in [0.717, 1.165) is 17.7 Å². The fourth-order valence-corrected chi connectivity index (χ4v) is 5.66. The van der Waals surface area contributed by atoms with Gasteiger partial charge in [-0.15, -0.1) is 0 Å². The van der Waals surface area contributed by atoms with E-state index in [9.17, 15) is 8.42 Å². The van der Waals surface area contributed by atoms with E-state index in [1.54, 1.807) is 30.6 Å². The standard InChI is InChI=1S/C18H19Cl2N3O3S/c19-15-11-21-12-16(20)18(15)22-5-1-6-23(8-7-22)27(24,25)14-2-3-17-13(10-14)4-9-26-17/h2-3,10-12H,1,4-9H2. The predicted molar refractivity (Wildman–Crippen MR) is 105 cm³/mol. The molecule has 1 saturated heterocycles. The lowest BCUT2D eigenvalue weighted by Gasteiger charge is -2.25. The van der Waals surface area contributed by atoms with Crippen molar-refractivity contribution in [3.63, 3.8) is 0 Å². The van der Waals surface area contributed by atoms with Crippen molar-refractivity contribution in [3.05, 3.63) is 46.2 Å². The Hall–Kier alpha value is -1.54. The van der Waals surface area contributed by atoms with Crippen LogP contribution >= 0.6 is 23.2 Å². The molecule has 0 aliphatic carbocycles. The third-order valence-electron chi connectivity index (χ3n) is 4.90. The maximum atomic E-state index is 13.1. The highest BCUT2D eigenvalue weighted by Gasteiger charge is 2.29. The Kier molecular flexibility index (Phi) is 5.20. The number of nitrogens with zero attached hydrogens (tertiary/aromatic N) is 3. The van der Waals surface area contributed by atoms with E-state index in [1.165, 1.54) is 4.31 Å². The first-order valence-electron chi connectivity index (χ1n) is 8.76. The van der Waals surface area contributed by atoms with Gasteiger partial charge in [0, 0.05) is 45.0 Å². The summed E-state index contributed by atoms with van der Waals surface area (Å²) >= 11 is 12.5. The summed E-state index contributed by atoms with van der Waals surface area (Å²) in [4.78, 5) is 6.32. The Morgan fingerprint density at radius 1 is 1.04 bits per heavy atom. The highest BCUT2D eigenvalue weighted by atomic mass is 35.5. The number of hydrogen-bond acceptors (Lipinski definition) is 5. The zero-order valence-corrected chi connectivity index (χ0v) is 16.9. The van der Waals surface area contributed by atoms with E-state index in [2.05, 4.69) is 4.98 Å². The summed E-state index contributed by atoms with van der Waals surface area (Å²) in [6.07, 6.45) is 4.53. The summed E-state index contributed by atoms with van der Waals surface area (Å²) in [5.41, 5.74) is 1.66. The van der Waals surface area contributed by atoms with Crippen molar-refractivity contribution < 1.29 is 13.2 Å². The van der Waals surface area contributed by atoms with Crippen LogP contribution in [0.15, 0.2) is 35.5 Å². The molecule has 0 atom stereocenters. The third kappa shape index (κ3) is 3.61. The molecule has 144 valence electrons. The zero-order chi connectivity index (χ0) is 19.0. The van der Waals surface area contributed by atoms with Gasteiger partial charge in [-0.2, -0.15) is 4.31 Å². The van der Waals surface area contributed by atoms with Crippen LogP contribution in [-0.4, -0.2) is 50.5 Å². The molecule has 2 aliphatic rings. The van der Waals surface area contributed by atoms with Crippen LogP contribution in [0.2, 0.25) is 10.0 Å². The maximum absolute atomic E-state index is 13.1. The van der Waals surface area contributed by atoms with Gasteiger partial charge in [-0.05, 0) is 30.2 Å². The van der Waals surface area contributed by atoms with Crippen LogP contribution < -0.4 is 9.64 Å². The van der Waals surface area contributed by atoms with Gasteiger partial charge in [0.25, 0.3) is 0 Å². The molecule has 0 radical (unpaired) electrons. The minimum Gasteiger partial charge on any atom is -0.493 e. The quantitative estimate of drug-likeness (QED) is 0.752. The SMILES string of the molecule is O=S(=O)(c1ccc2c(c1)CCO2)N1CCCN(c2c(Cl)cncc2Cl)CC1. The molecule has 0 unspecified atom stereocenters. The predicted octanol–water partition coefficient (Wildman–Crippen LogP) is 3.22. The first-order chi connectivity index (χ1) is 13.0. The third-order valence-corrected chi connectivity index (χ3v) is 7.35. The summed E-state index contributed by atoms with van der Waals surface area (Å²) in [5, 5.41) is 0.940. The number of sulfonamides is 1. The highest BCUT2D eigenvalue weighted by Crippen LogP contribution is 2.34. The number of hydrogen-bond donors (Lipinski definition) is 0. The number of ether oxygens (including phenoxy) is 1. The van der Waals surface area contributed by atoms with Crippen LogP contribution in [-0.2, 0) is 16.4 Å². The lowest BCUT2D eigenvalue weighted by atomic mass is 10.2. The number of anilines is 1. The summed E-state index contributed by atoms with van der Waals surface area (Å²) in [7, 11) is -3.56. The second kappa shape index (κ2) is 7.47. The first kappa shape index (κ1) is 18.8. The molecule has 9 heteroatoms. The summed E-state index contributed by atoms with van der Waals surface area (Å²) in [6.45, 7) is 2.60. The minimum absolute atomic E-state index is 0.320. The molecule has 0 saturated carbocycles. The summed E-state index contributed by atoms with van der Waals surface area (Å²) < 4.78 is 33.2. The van der Waals surface area contributed by atoms with Gasteiger partial charge in [-0.1, -0.05) is 23.2 Å². The Bertz CT molecular complexity index is 948. The van der Waals surface area contributed by atoms with Gasteiger partial charge in [-0.25, -0.2) is 8.42 Å². The van der Waals surface area contributed by atoms with E-state index in [0.29, 0.717) is 59.8 Å². The molecular weight excluding hydrogens is 409 g/mol. The molecule has 1 aromatic heterocycles. The van der Waals surface area contributed by atoms with Crippen molar-refractivity contribution >= 4 is 38.9 Å². The molecule has 6 nitrogen and oxygen atoms in total. The first-order valence-corrected chi connectivity index (χ1v) is 11.0. The molecule has 0 amide bonds. The number of benzene rings is 1. The molecule has 4 rings (SSSR count). The smallest absolute Gasteiger partial charge is 0.243 e.